The zero-order valence-corrected chi connectivity index (χ0v) is 13.0. The molecule has 0 N–H and O–H groups in total. The van der Waals surface area contributed by atoms with Gasteiger partial charge in [0, 0.05) is 20.3 Å². The largest absolute Gasteiger partial charge is 0.416 e. The highest BCUT2D eigenvalue weighted by Gasteiger charge is 2.34. The van der Waals surface area contributed by atoms with Crippen molar-refractivity contribution in [2.75, 3.05) is 19.1 Å². The van der Waals surface area contributed by atoms with E-state index < -0.39 is 17.6 Å². The minimum Gasteiger partial charge on any atom is -0.383 e. The van der Waals surface area contributed by atoms with Crippen molar-refractivity contribution in [1.29, 1.82) is 0 Å². The molecular weight excluding hydrogens is 342 g/mol. The van der Waals surface area contributed by atoms with Crippen molar-refractivity contribution in [1.82, 2.24) is 4.90 Å². The van der Waals surface area contributed by atoms with E-state index in [1.165, 1.54) is 12.4 Å². The van der Waals surface area contributed by atoms with Gasteiger partial charge < -0.3 is 4.90 Å². The molecule has 0 saturated heterocycles. The lowest BCUT2D eigenvalue weighted by molar-refractivity contribution is -0.137. The van der Waals surface area contributed by atoms with Crippen molar-refractivity contribution in [2.24, 2.45) is 5.10 Å². The fourth-order valence-corrected chi connectivity index (χ4v) is 2.45. The number of benzene rings is 1. The Morgan fingerprint density at radius 1 is 1.23 bits per heavy atom. The smallest absolute Gasteiger partial charge is 0.383 e. The number of rotatable bonds is 2. The number of hydrogen-bond acceptors (Lipinski definition) is 3. The van der Waals surface area contributed by atoms with Crippen LogP contribution in [0.3, 0.4) is 0 Å². The minimum absolute atomic E-state index is 0.0836. The summed E-state index contributed by atoms with van der Waals surface area (Å²) >= 11 is 11.7. The minimum atomic E-state index is -4.58. The lowest BCUT2D eigenvalue weighted by Crippen LogP contribution is -2.23. The predicted molar refractivity (Wildman–Crippen MR) is 79.2 cm³/mol. The lowest BCUT2D eigenvalue weighted by Gasteiger charge is -2.17. The van der Waals surface area contributed by atoms with Gasteiger partial charge in [0.2, 0.25) is 0 Å². The lowest BCUT2D eigenvalue weighted by atomic mass is 10.2. The van der Waals surface area contributed by atoms with Gasteiger partial charge >= 0.3 is 6.18 Å². The molecule has 118 valence electrons. The van der Waals surface area contributed by atoms with Gasteiger partial charge in [0.1, 0.15) is 5.69 Å². The summed E-state index contributed by atoms with van der Waals surface area (Å²) in [5.41, 5.74) is -0.817. The summed E-state index contributed by atoms with van der Waals surface area (Å²) in [6.07, 6.45) is -1.77. The van der Waals surface area contributed by atoms with Crippen LogP contribution in [0, 0.1) is 0 Å². The molecule has 0 spiro atoms. The third-order valence-corrected chi connectivity index (χ3v) is 3.28. The van der Waals surface area contributed by atoms with Gasteiger partial charge in [0.15, 0.2) is 0 Å². The van der Waals surface area contributed by atoms with Crippen LogP contribution in [0.1, 0.15) is 5.56 Å². The molecule has 0 unspecified atom stereocenters. The van der Waals surface area contributed by atoms with Crippen LogP contribution in [0.25, 0.3) is 0 Å². The number of hydrogen-bond donors (Lipinski definition) is 0. The Hall–Kier alpha value is -1.73. The molecule has 0 saturated carbocycles. The monoisotopic (exact) mass is 351 g/mol. The SMILES string of the molecule is CN(C)C=C1C=NN(c2c(Cl)cc(C(F)(F)F)cc2Cl)C1=O. The molecule has 22 heavy (non-hydrogen) atoms. The molecule has 1 aliphatic heterocycles. The second-order valence-corrected chi connectivity index (χ2v) is 5.51. The Morgan fingerprint density at radius 2 is 1.77 bits per heavy atom. The van der Waals surface area contributed by atoms with E-state index in [2.05, 4.69) is 5.10 Å². The van der Waals surface area contributed by atoms with E-state index in [9.17, 15) is 18.0 Å². The van der Waals surface area contributed by atoms with Gasteiger partial charge in [-0.05, 0) is 12.1 Å². The standard InChI is InChI=1S/C13H10Cl2F3N3O/c1-20(2)6-7-5-19-21(12(7)22)11-9(14)3-8(4-10(11)15)13(16,17)18/h3-6H,1-2H3. The Morgan fingerprint density at radius 3 is 2.23 bits per heavy atom. The van der Waals surface area contributed by atoms with Crippen LogP contribution < -0.4 is 5.01 Å². The molecule has 2 rings (SSSR count). The van der Waals surface area contributed by atoms with Crippen molar-refractivity contribution in [3.05, 3.63) is 39.5 Å². The maximum Gasteiger partial charge on any atom is 0.416 e. The van der Waals surface area contributed by atoms with Gasteiger partial charge in [0.25, 0.3) is 5.91 Å². The average Bonchev–Trinajstić information content (AvgIpc) is 2.69. The van der Waals surface area contributed by atoms with Crippen LogP contribution >= 0.6 is 23.2 Å². The van der Waals surface area contributed by atoms with Crippen LogP contribution in [0.2, 0.25) is 10.0 Å². The molecule has 1 heterocycles. The Bertz CT molecular complexity index is 661. The summed E-state index contributed by atoms with van der Waals surface area (Å²) in [6.45, 7) is 0. The summed E-state index contributed by atoms with van der Waals surface area (Å²) in [5, 5.41) is 4.11. The summed E-state index contributed by atoms with van der Waals surface area (Å²) in [6, 6.07) is 1.42. The van der Waals surface area contributed by atoms with Crippen molar-refractivity contribution in [2.45, 2.75) is 6.18 Å². The van der Waals surface area contributed by atoms with Gasteiger partial charge in [0.05, 0.1) is 27.4 Å². The van der Waals surface area contributed by atoms with Crippen LogP contribution in [0.4, 0.5) is 18.9 Å². The van der Waals surface area contributed by atoms with Crippen LogP contribution in [0.15, 0.2) is 29.0 Å². The number of nitrogens with zero attached hydrogens (tertiary/aromatic N) is 3. The molecule has 0 fully saturated rings. The fourth-order valence-electron chi connectivity index (χ4n) is 1.81. The molecule has 4 nitrogen and oxygen atoms in total. The Kier molecular flexibility index (Phi) is 4.39. The topological polar surface area (TPSA) is 35.9 Å². The van der Waals surface area contributed by atoms with Gasteiger partial charge in [-0.2, -0.15) is 23.3 Å². The third-order valence-electron chi connectivity index (χ3n) is 2.70. The molecule has 0 radical (unpaired) electrons. The second-order valence-electron chi connectivity index (χ2n) is 4.70. The first-order valence-corrected chi connectivity index (χ1v) is 6.70. The van der Waals surface area contributed by atoms with Gasteiger partial charge in [-0.3, -0.25) is 4.79 Å². The Labute approximate surface area is 134 Å². The summed E-state index contributed by atoms with van der Waals surface area (Å²) in [7, 11) is 3.43. The van der Waals surface area contributed by atoms with E-state index in [1.807, 2.05) is 0 Å². The van der Waals surface area contributed by atoms with E-state index in [4.69, 9.17) is 23.2 Å². The summed E-state index contributed by atoms with van der Waals surface area (Å²) in [5.74, 6) is -0.530. The molecule has 0 aromatic heterocycles. The van der Waals surface area contributed by atoms with Crippen LogP contribution in [-0.4, -0.2) is 31.1 Å². The molecular formula is C13H10Cl2F3N3O. The predicted octanol–water partition coefficient (Wildman–Crippen LogP) is 3.79. The van der Waals surface area contributed by atoms with E-state index >= 15 is 0 Å². The first-order chi connectivity index (χ1) is 10.1. The maximum atomic E-state index is 12.7. The molecule has 0 bridgehead atoms. The zero-order chi connectivity index (χ0) is 16.7. The van der Waals surface area contributed by atoms with E-state index in [-0.39, 0.29) is 21.3 Å². The number of amides is 1. The molecule has 1 aromatic rings. The van der Waals surface area contributed by atoms with E-state index in [0.29, 0.717) is 12.1 Å². The number of anilines is 1. The number of carbonyl (C=O) groups excluding carboxylic acids is 1. The normalized spacial score (nSPS) is 16.8. The molecule has 0 atom stereocenters. The first-order valence-electron chi connectivity index (χ1n) is 5.94. The Balaban J connectivity index is 2.44. The fraction of sp³-hybridized carbons (Fsp3) is 0.231. The van der Waals surface area contributed by atoms with Crippen LogP contribution in [0.5, 0.6) is 0 Å². The maximum absolute atomic E-state index is 12.7. The van der Waals surface area contributed by atoms with Crippen molar-refractivity contribution in [3.8, 4) is 0 Å². The number of carbonyl (C=O) groups is 1. The second kappa shape index (κ2) is 5.81. The van der Waals surface area contributed by atoms with Gasteiger partial charge in [-0.15, -0.1) is 0 Å². The van der Waals surface area contributed by atoms with Gasteiger partial charge in [-0.25, -0.2) is 0 Å². The summed E-state index contributed by atoms with van der Waals surface area (Å²) < 4.78 is 38.1. The highest BCUT2D eigenvalue weighted by atomic mass is 35.5. The molecule has 1 amide bonds. The quantitative estimate of drug-likeness (QED) is 0.760. The van der Waals surface area contributed by atoms with Crippen molar-refractivity contribution < 1.29 is 18.0 Å². The number of halogens is 5. The average molecular weight is 352 g/mol. The summed E-state index contributed by atoms with van der Waals surface area (Å²) in [4.78, 5) is 13.8. The van der Waals surface area contributed by atoms with Crippen molar-refractivity contribution >= 4 is 41.0 Å². The number of alkyl halides is 3. The van der Waals surface area contributed by atoms with Gasteiger partial charge in [-0.1, -0.05) is 23.2 Å². The van der Waals surface area contributed by atoms with Crippen molar-refractivity contribution in [3.63, 3.8) is 0 Å². The zero-order valence-electron chi connectivity index (χ0n) is 11.4. The molecule has 1 aromatic carbocycles. The third kappa shape index (κ3) is 3.20. The highest BCUT2D eigenvalue weighted by molar-refractivity contribution is 6.41. The van der Waals surface area contributed by atoms with Crippen LogP contribution in [-0.2, 0) is 11.0 Å². The first kappa shape index (κ1) is 16.6. The number of hydrazone groups is 1. The molecule has 9 heteroatoms. The molecule has 1 aliphatic rings. The van der Waals surface area contributed by atoms with E-state index in [0.717, 1.165) is 5.01 Å². The van der Waals surface area contributed by atoms with E-state index in [1.54, 1.807) is 19.0 Å². The highest BCUT2D eigenvalue weighted by Crippen LogP contribution is 2.41. The molecule has 0 aliphatic carbocycles.